The molecule has 0 aromatic rings. The molecular weight excluding hydrogens is 224 g/mol. The van der Waals surface area contributed by atoms with Crippen LogP contribution in [0.4, 0.5) is 0 Å². The molecule has 0 radical (unpaired) electrons. The van der Waals surface area contributed by atoms with Crippen LogP contribution in [0.5, 0.6) is 0 Å². The van der Waals surface area contributed by atoms with E-state index in [-0.39, 0.29) is 5.41 Å². The monoisotopic (exact) mass is 252 g/mol. The van der Waals surface area contributed by atoms with Crippen LogP contribution in [0.15, 0.2) is 0 Å². The molecule has 2 aliphatic carbocycles. The molecule has 0 atom stereocenters. The molecule has 2 aliphatic rings. The number of aliphatic carboxylic acids is 1. The predicted molar refractivity (Wildman–Crippen MR) is 73.4 cm³/mol. The molecule has 0 amide bonds. The molecule has 0 bridgehead atoms. The smallest absolute Gasteiger partial charge is 0.309 e. The van der Waals surface area contributed by atoms with Gasteiger partial charge < -0.3 is 5.11 Å². The van der Waals surface area contributed by atoms with Gasteiger partial charge in [-0.15, -0.1) is 0 Å². The summed E-state index contributed by atoms with van der Waals surface area (Å²) in [5.41, 5.74) is -0.0476. The number of carboxylic acids is 1. The molecule has 0 unspecified atom stereocenters. The topological polar surface area (TPSA) is 37.3 Å². The number of hydrogen-bond acceptors (Lipinski definition) is 1. The van der Waals surface area contributed by atoms with Gasteiger partial charge >= 0.3 is 5.97 Å². The van der Waals surface area contributed by atoms with Gasteiger partial charge in [-0.1, -0.05) is 40.0 Å². The molecule has 104 valence electrons. The van der Waals surface area contributed by atoms with E-state index in [2.05, 4.69) is 20.8 Å². The van der Waals surface area contributed by atoms with Gasteiger partial charge in [-0.2, -0.15) is 0 Å². The minimum Gasteiger partial charge on any atom is -0.481 e. The molecule has 0 aliphatic heterocycles. The summed E-state index contributed by atoms with van der Waals surface area (Å²) in [5, 5.41) is 9.65. The second-order valence-electron chi connectivity index (χ2n) is 7.73. The SMILES string of the molecule is CC(C)(C)C1CCC(CC2CCC2)(C(=O)O)CC1. The largest absolute Gasteiger partial charge is 0.481 e. The Hall–Kier alpha value is -0.530. The molecule has 2 rings (SSSR count). The van der Waals surface area contributed by atoms with Gasteiger partial charge in [0, 0.05) is 0 Å². The third kappa shape index (κ3) is 2.73. The lowest BCUT2D eigenvalue weighted by atomic mass is 9.60. The molecule has 18 heavy (non-hydrogen) atoms. The zero-order chi connectivity index (χ0) is 13.4. The lowest BCUT2D eigenvalue weighted by Crippen LogP contribution is -2.40. The van der Waals surface area contributed by atoms with Crippen molar-refractivity contribution in [1.29, 1.82) is 0 Å². The van der Waals surface area contributed by atoms with E-state index in [1.165, 1.54) is 19.3 Å². The summed E-state index contributed by atoms with van der Waals surface area (Å²) in [6.07, 6.45) is 8.78. The maximum absolute atomic E-state index is 11.7. The highest BCUT2D eigenvalue weighted by molar-refractivity contribution is 5.74. The maximum Gasteiger partial charge on any atom is 0.309 e. The highest BCUT2D eigenvalue weighted by Gasteiger charge is 2.45. The minimum absolute atomic E-state index is 0.334. The molecule has 0 aromatic carbocycles. The second-order valence-corrected chi connectivity index (χ2v) is 7.73. The lowest BCUT2D eigenvalue weighted by molar-refractivity contribution is -0.154. The number of carboxylic acid groups (broad SMARTS) is 1. The maximum atomic E-state index is 11.7. The highest BCUT2D eigenvalue weighted by Crippen LogP contribution is 2.50. The average Bonchev–Trinajstić information content (AvgIpc) is 2.22. The van der Waals surface area contributed by atoms with Crippen LogP contribution >= 0.6 is 0 Å². The van der Waals surface area contributed by atoms with Crippen molar-refractivity contribution >= 4 is 5.97 Å². The van der Waals surface area contributed by atoms with E-state index in [0.717, 1.165) is 32.1 Å². The first-order valence-electron chi connectivity index (χ1n) is 7.57. The van der Waals surface area contributed by atoms with Gasteiger partial charge in [0.05, 0.1) is 5.41 Å². The van der Waals surface area contributed by atoms with Gasteiger partial charge in [-0.25, -0.2) is 0 Å². The molecule has 2 saturated carbocycles. The second kappa shape index (κ2) is 4.86. The molecule has 1 N–H and O–H groups in total. The Morgan fingerprint density at radius 2 is 1.72 bits per heavy atom. The van der Waals surface area contributed by atoms with Crippen LogP contribution in [0.3, 0.4) is 0 Å². The van der Waals surface area contributed by atoms with E-state index >= 15 is 0 Å². The van der Waals surface area contributed by atoms with E-state index < -0.39 is 5.97 Å². The Bertz CT molecular complexity index is 302. The van der Waals surface area contributed by atoms with Gasteiger partial charge in [0.15, 0.2) is 0 Å². The van der Waals surface area contributed by atoms with Crippen LogP contribution in [0.2, 0.25) is 0 Å². The Morgan fingerprint density at radius 1 is 1.17 bits per heavy atom. The first-order chi connectivity index (χ1) is 8.33. The Kier molecular flexibility index (Phi) is 3.75. The Labute approximate surface area is 111 Å². The van der Waals surface area contributed by atoms with E-state index in [1.807, 2.05) is 0 Å². The van der Waals surface area contributed by atoms with Crippen LogP contribution < -0.4 is 0 Å². The quantitative estimate of drug-likeness (QED) is 0.804. The molecule has 0 spiro atoms. The lowest BCUT2D eigenvalue weighted by Gasteiger charge is -2.44. The standard InChI is InChI=1S/C16H28O2/c1-15(2,3)13-7-9-16(10-8-13,14(17)18)11-12-5-4-6-12/h12-13H,4-11H2,1-3H3,(H,17,18). The van der Waals surface area contributed by atoms with E-state index in [4.69, 9.17) is 0 Å². The van der Waals surface area contributed by atoms with Crippen molar-refractivity contribution < 1.29 is 9.90 Å². The minimum atomic E-state index is -0.526. The van der Waals surface area contributed by atoms with Crippen molar-refractivity contribution in [2.75, 3.05) is 0 Å². The Morgan fingerprint density at radius 3 is 2.06 bits per heavy atom. The summed E-state index contributed by atoms with van der Waals surface area (Å²) in [4.78, 5) is 11.7. The van der Waals surface area contributed by atoms with Gasteiger partial charge in [-0.05, 0) is 49.4 Å². The average molecular weight is 252 g/mol. The molecule has 0 aromatic heterocycles. The summed E-state index contributed by atoms with van der Waals surface area (Å²) >= 11 is 0. The fraction of sp³-hybridized carbons (Fsp3) is 0.938. The molecular formula is C16H28O2. The van der Waals surface area contributed by atoms with Gasteiger partial charge in [-0.3, -0.25) is 4.79 Å². The summed E-state index contributed by atoms with van der Waals surface area (Å²) in [7, 11) is 0. The number of rotatable bonds is 3. The normalized spacial score (nSPS) is 34.1. The molecule has 2 heteroatoms. The molecule has 0 saturated heterocycles. The first kappa shape index (κ1) is 13.9. The van der Waals surface area contributed by atoms with Crippen molar-refractivity contribution in [3.8, 4) is 0 Å². The van der Waals surface area contributed by atoms with Gasteiger partial charge in [0.1, 0.15) is 0 Å². The summed E-state index contributed by atoms with van der Waals surface area (Å²) in [6, 6.07) is 0. The van der Waals surface area contributed by atoms with Crippen molar-refractivity contribution in [2.24, 2.45) is 22.7 Å². The fourth-order valence-corrected chi connectivity index (χ4v) is 3.79. The van der Waals surface area contributed by atoms with Crippen LogP contribution in [-0.4, -0.2) is 11.1 Å². The summed E-state index contributed by atoms with van der Waals surface area (Å²) in [6.45, 7) is 6.87. The zero-order valence-electron chi connectivity index (χ0n) is 12.2. The third-order valence-corrected chi connectivity index (χ3v) is 5.53. The molecule has 2 nitrogen and oxygen atoms in total. The highest BCUT2D eigenvalue weighted by atomic mass is 16.4. The van der Waals surface area contributed by atoms with Gasteiger partial charge in [0.25, 0.3) is 0 Å². The summed E-state index contributed by atoms with van der Waals surface area (Å²) < 4.78 is 0. The van der Waals surface area contributed by atoms with Crippen molar-refractivity contribution in [3.05, 3.63) is 0 Å². The van der Waals surface area contributed by atoms with Crippen molar-refractivity contribution in [2.45, 2.75) is 72.1 Å². The van der Waals surface area contributed by atoms with Crippen molar-refractivity contribution in [1.82, 2.24) is 0 Å². The zero-order valence-corrected chi connectivity index (χ0v) is 12.2. The Balaban J connectivity index is 1.99. The first-order valence-corrected chi connectivity index (χ1v) is 7.57. The van der Waals surface area contributed by atoms with Crippen LogP contribution in [0.25, 0.3) is 0 Å². The summed E-state index contributed by atoms with van der Waals surface area (Å²) in [5.74, 6) is 0.875. The third-order valence-electron chi connectivity index (χ3n) is 5.53. The van der Waals surface area contributed by atoms with E-state index in [0.29, 0.717) is 17.3 Å². The fourth-order valence-electron chi connectivity index (χ4n) is 3.79. The predicted octanol–water partition coefficient (Wildman–Crippen LogP) is 4.48. The van der Waals surface area contributed by atoms with E-state index in [9.17, 15) is 9.90 Å². The van der Waals surface area contributed by atoms with Crippen LogP contribution in [0.1, 0.15) is 72.1 Å². The van der Waals surface area contributed by atoms with Crippen LogP contribution in [0, 0.1) is 22.7 Å². The number of carbonyl (C=O) groups is 1. The van der Waals surface area contributed by atoms with E-state index in [1.54, 1.807) is 0 Å². The van der Waals surface area contributed by atoms with Crippen molar-refractivity contribution in [3.63, 3.8) is 0 Å². The molecule has 2 fully saturated rings. The molecule has 0 heterocycles. The van der Waals surface area contributed by atoms with Crippen LogP contribution in [-0.2, 0) is 4.79 Å². The van der Waals surface area contributed by atoms with Gasteiger partial charge in [0.2, 0.25) is 0 Å². The number of hydrogen-bond donors (Lipinski definition) is 1.